The molecule has 1 unspecified atom stereocenters. The number of pyridine rings is 1. The maximum absolute atomic E-state index is 12.0. The van der Waals surface area contributed by atoms with E-state index in [1.165, 1.54) is 11.1 Å². The average Bonchev–Trinajstić information content (AvgIpc) is 2.91. The lowest BCUT2D eigenvalue weighted by atomic mass is 9.84. The third-order valence-electron chi connectivity index (χ3n) is 6.18. The van der Waals surface area contributed by atoms with Gasteiger partial charge in [0.05, 0.1) is 6.04 Å². The Hall–Kier alpha value is -2.91. The number of amides is 1. The number of aryl methyl sites for hydroxylation is 1. The molecule has 1 aliphatic heterocycles. The number of aromatic nitrogens is 1. The van der Waals surface area contributed by atoms with Gasteiger partial charge in [0.15, 0.2) is 0 Å². The molecule has 2 heterocycles. The van der Waals surface area contributed by atoms with Gasteiger partial charge in [-0.3, -0.25) is 9.78 Å². The van der Waals surface area contributed by atoms with Gasteiger partial charge >= 0.3 is 0 Å². The summed E-state index contributed by atoms with van der Waals surface area (Å²) in [6.07, 6.45) is 10.0. The molecule has 2 aliphatic rings. The number of nitrogens with zero attached hydrogens (tertiary/aromatic N) is 2. The van der Waals surface area contributed by atoms with Crippen LogP contribution in [0.1, 0.15) is 61.8 Å². The van der Waals surface area contributed by atoms with Gasteiger partial charge in [-0.05, 0) is 72.9 Å². The van der Waals surface area contributed by atoms with E-state index in [-0.39, 0.29) is 11.9 Å². The predicted octanol–water partition coefficient (Wildman–Crippen LogP) is 4.14. The molecule has 1 atom stereocenters. The number of nitrogens with one attached hydrogen (secondary N) is 1. The van der Waals surface area contributed by atoms with E-state index in [9.17, 15) is 9.59 Å². The van der Waals surface area contributed by atoms with Crippen LogP contribution in [-0.2, 0) is 22.4 Å². The van der Waals surface area contributed by atoms with Crippen LogP contribution in [0, 0.1) is 0 Å². The molecule has 5 nitrogen and oxygen atoms in total. The molecule has 0 radical (unpaired) electrons. The average molecular weight is 389 g/mol. The van der Waals surface area contributed by atoms with E-state index in [0.29, 0.717) is 12.1 Å². The van der Waals surface area contributed by atoms with Crippen molar-refractivity contribution in [3.8, 4) is 11.1 Å². The van der Waals surface area contributed by atoms with Gasteiger partial charge in [0.2, 0.25) is 5.91 Å². The lowest BCUT2D eigenvalue weighted by Crippen LogP contribution is -2.30. The van der Waals surface area contributed by atoms with Crippen molar-refractivity contribution in [2.45, 2.75) is 57.9 Å². The number of hydrogen-bond acceptors (Lipinski definition) is 4. The molecular weight excluding hydrogens is 362 g/mol. The largest absolute Gasteiger partial charge is 0.349 e. The van der Waals surface area contributed by atoms with E-state index < -0.39 is 0 Å². The monoisotopic (exact) mass is 389 g/mol. The van der Waals surface area contributed by atoms with Crippen LogP contribution in [0.4, 0.5) is 5.69 Å². The second-order valence-electron chi connectivity index (χ2n) is 7.93. The van der Waals surface area contributed by atoms with Crippen molar-refractivity contribution in [1.29, 1.82) is 0 Å². The first-order valence-corrected chi connectivity index (χ1v) is 10.5. The number of benzene rings is 1. The van der Waals surface area contributed by atoms with Crippen molar-refractivity contribution in [2.24, 2.45) is 0 Å². The van der Waals surface area contributed by atoms with Crippen molar-refractivity contribution < 1.29 is 9.59 Å². The minimum Gasteiger partial charge on any atom is -0.349 e. The van der Waals surface area contributed by atoms with Gasteiger partial charge in [0.25, 0.3) is 0 Å². The molecule has 0 saturated carbocycles. The van der Waals surface area contributed by atoms with Gasteiger partial charge in [0, 0.05) is 37.1 Å². The number of hydrogen-bond donors (Lipinski definition) is 1. The minimum absolute atomic E-state index is 0.0471. The number of allylic oxidation sites excluding steroid dienone is 1. The van der Waals surface area contributed by atoms with Crippen molar-refractivity contribution in [3.63, 3.8) is 0 Å². The smallest absolute Gasteiger partial charge is 0.220 e. The molecule has 4 rings (SSSR count). The van der Waals surface area contributed by atoms with Gasteiger partial charge < -0.3 is 10.2 Å². The second kappa shape index (κ2) is 8.22. The van der Waals surface area contributed by atoms with Crippen LogP contribution in [-0.4, -0.2) is 23.9 Å². The minimum atomic E-state index is 0.0471. The lowest BCUT2D eigenvalue weighted by molar-refractivity contribution is -0.121. The van der Waals surface area contributed by atoms with E-state index in [2.05, 4.69) is 34.4 Å². The van der Waals surface area contributed by atoms with E-state index in [0.717, 1.165) is 60.9 Å². The summed E-state index contributed by atoms with van der Waals surface area (Å²) in [5, 5.41) is 3.15. The van der Waals surface area contributed by atoms with Gasteiger partial charge in [-0.25, -0.2) is 4.79 Å². The van der Waals surface area contributed by atoms with Gasteiger partial charge in [0.1, 0.15) is 11.6 Å². The highest BCUT2D eigenvalue weighted by Crippen LogP contribution is 2.38. The zero-order valence-corrected chi connectivity index (χ0v) is 17.1. The highest BCUT2D eigenvalue weighted by molar-refractivity contribution is 5.77. The van der Waals surface area contributed by atoms with Crippen LogP contribution >= 0.6 is 0 Å². The molecular formula is C24H27N3O2. The normalized spacial score (nSPS) is 18.3. The fraction of sp³-hybridized carbons (Fsp3) is 0.417. The maximum Gasteiger partial charge on any atom is 0.220 e. The Morgan fingerprint density at radius 2 is 2.10 bits per heavy atom. The molecule has 2 aromatic rings. The molecule has 0 bridgehead atoms. The summed E-state index contributed by atoms with van der Waals surface area (Å²) < 4.78 is 0. The Labute approximate surface area is 171 Å². The Morgan fingerprint density at radius 3 is 2.90 bits per heavy atom. The lowest BCUT2D eigenvalue weighted by Gasteiger charge is -2.28. The van der Waals surface area contributed by atoms with Crippen molar-refractivity contribution in [2.75, 3.05) is 11.9 Å². The Balaban J connectivity index is 1.73. The van der Waals surface area contributed by atoms with E-state index in [1.54, 1.807) is 0 Å². The first kappa shape index (κ1) is 19.4. The SMILES string of the molecule is CCC(=O)NC1CCCc2c(-c3ccc4c(c3)CCCC(=C=O)N4C)cncc21. The van der Waals surface area contributed by atoms with Gasteiger partial charge in [-0.2, -0.15) is 0 Å². The molecule has 1 aromatic heterocycles. The first-order valence-electron chi connectivity index (χ1n) is 10.5. The molecule has 5 heteroatoms. The third kappa shape index (κ3) is 3.70. The number of carbonyl (C=O) groups excluding carboxylic acids is 2. The van der Waals surface area contributed by atoms with Crippen LogP contribution in [0.3, 0.4) is 0 Å². The zero-order chi connectivity index (χ0) is 20.4. The van der Waals surface area contributed by atoms with E-state index in [1.807, 2.05) is 31.3 Å². The summed E-state index contributed by atoms with van der Waals surface area (Å²) >= 11 is 0. The quantitative estimate of drug-likeness (QED) is 0.802. The number of fused-ring (bicyclic) bond motifs is 2. The molecule has 0 spiro atoms. The fourth-order valence-corrected chi connectivity index (χ4v) is 4.58. The van der Waals surface area contributed by atoms with Crippen LogP contribution < -0.4 is 10.2 Å². The molecule has 29 heavy (non-hydrogen) atoms. The number of anilines is 1. The van der Waals surface area contributed by atoms with Crippen molar-refractivity contribution >= 4 is 17.5 Å². The second-order valence-corrected chi connectivity index (χ2v) is 7.93. The molecule has 1 amide bonds. The van der Waals surface area contributed by atoms with Crippen LogP contribution in [0.15, 0.2) is 36.3 Å². The Kier molecular flexibility index (Phi) is 5.50. The summed E-state index contributed by atoms with van der Waals surface area (Å²) in [5.41, 5.74) is 7.79. The van der Waals surface area contributed by atoms with Gasteiger partial charge in [-0.15, -0.1) is 0 Å². The van der Waals surface area contributed by atoms with Crippen LogP contribution in [0.25, 0.3) is 11.1 Å². The predicted molar refractivity (Wildman–Crippen MR) is 114 cm³/mol. The van der Waals surface area contributed by atoms with Crippen molar-refractivity contribution in [1.82, 2.24) is 10.3 Å². The van der Waals surface area contributed by atoms with Crippen LogP contribution in [0.5, 0.6) is 0 Å². The first-order chi connectivity index (χ1) is 14.1. The topological polar surface area (TPSA) is 62.3 Å². The molecule has 1 aliphatic carbocycles. The van der Waals surface area contributed by atoms with Crippen LogP contribution in [0.2, 0.25) is 0 Å². The highest BCUT2D eigenvalue weighted by Gasteiger charge is 2.25. The van der Waals surface area contributed by atoms with Crippen molar-refractivity contribution in [3.05, 3.63) is 53.0 Å². The molecule has 1 N–H and O–H groups in total. The Morgan fingerprint density at radius 1 is 1.24 bits per heavy atom. The molecule has 0 fully saturated rings. The summed E-state index contributed by atoms with van der Waals surface area (Å²) in [5.74, 6) is 2.18. The van der Waals surface area contributed by atoms with E-state index in [4.69, 9.17) is 0 Å². The highest BCUT2D eigenvalue weighted by atomic mass is 16.1. The summed E-state index contributed by atoms with van der Waals surface area (Å²) in [6, 6.07) is 6.51. The summed E-state index contributed by atoms with van der Waals surface area (Å²) in [4.78, 5) is 29.7. The van der Waals surface area contributed by atoms with E-state index >= 15 is 0 Å². The third-order valence-corrected chi connectivity index (χ3v) is 6.18. The zero-order valence-electron chi connectivity index (χ0n) is 17.1. The maximum atomic E-state index is 12.0. The number of rotatable bonds is 3. The van der Waals surface area contributed by atoms with Gasteiger partial charge in [-0.1, -0.05) is 13.0 Å². The number of carbonyl (C=O) groups is 1. The molecule has 150 valence electrons. The standard InChI is InChI=1S/C24H27N3O2/c1-3-24(29)26-22-9-5-8-19-20(13-25-14-21(19)22)16-10-11-23-17(12-16)6-4-7-18(15-28)27(23)2/h10-14,22H,3-9H2,1-2H3,(H,26,29). The summed E-state index contributed by atoms with van der Waals surface area (Å²) in [7, 11) is 1.94. The molecule has 1 aromatic carbocycles. The Bertz CT molecular complexity index is 992. The summed E-state index contributed by atoms with van der Waals surface area (Å²) in [6.45, 7) is 1.88. The fourth-order valence-electron chi connectivity index (χ4n) is 4.58. The molecule has 0 saturated heterocycles.